The Kier molecular flexibility index (Phi) is 4.92. The maximum atomic E-state index is 10.8. The number of nitrogens with zero attached hydrogens (tertiary/aromatic N) is 1. The van der Waals surface area contributed by atoms with Crippen LogP contribution in [0, 0.1) is 10.1 Å². The molecule has 1 rings (SSSR count). The van der Waals surface area contributed by atoms with E-state index >= 15 is 0 Å². The van der Waals surface area contributed by atoms with Crippen LogP contribution in [0.5, 0.6) is 0 Å². The summed E-state index contributed by atoms with van der Waals surface area (Å²) in [5.41, 5.74) is 0.945. The van der Waals surface area contributed by atoms with Crippen molar-refractivity contribution < 1.29 is 4.92 Å². The van der Waals surface area contributed by atoms with Gasteiger partial charge < -0.3 is 5.32 Å². The molecule has 16 heavy (non-hydrogen) atoms. The molecule has 0 amide bonds. The minimum atomic E-state index is -0.329. The molecule has 0 aliphatic rings. The Balaban J connectivity index is 2.69. The quantitative estimate of drug-likeness (QED) is 0.594. The van der Waals surface area contributed by atoms with Crippen LogP contribution in [0.2, 0.25) is 0 Å². The number of rotatable bonds is 6. The Morgan fingerprint density at radius 1 is 1.31 bits per heavy atom. The summed E-state index contributed by atoms with van der Waals surface area (Å²) in [5.74, 6) is 0. The van der Waals surface area contributed by atoms with Crippen molar-refractivity contribution in [3.63, 3.8) is 0 Å². The first-order valence-electron chi connectivity index (χ1n) is 5.64. The molecule has 1 aromatic carbocycles. The molecule has 1 N–H and O–H groups in total. The van der Waals surface area contributed by atoms with Gasteiger partial charge in [-0.2, -0.15) is 0 Å². The fourth-order valence-corrected chi connectivity index (χ4v) is 1.67. The Morgan fingerprint density at radius 2 is 1.94 bits per heavy atom. The van der Waals surface area contributed by atoms with Crippen LogP contribution in [0.3, 0.4) is 0 Å². The van der Waals surface area contributed by atoms with Crippen molar-refractivity contribution in [2.24, 2.45) is 0 Å². The third kappa shape index (κ3) is 3.31. The summed E-state index contributed by atoms with van der Waals surface area (Å²) in [6.07, 6.45) is 2.08. The van der Waals surface area contributed by atoms with Gasteiger partial charge in [-0.1, -0.05) is 32.0 Å². The molecule has 0 radical (unpaired) electrons. The van der Waals surface area contributed by atoms with Crippen LogP contribution in [0.4, 0.5) is 5.69 Å². The highest BCUT2D eigenvalue weighted by Crippen LogP contribution is 2.17. The van der Waals surface area contributed by atoms with Gasteiger partial charge in [0.1, 0.15) is 0 Å². The fourth-order valence-electron chi connectivity index (χ4n) is 1.67. The molecule has 4 heteroatoms. The lowest BCUT2D eigenvalue weighted by molar-refractivity contribution is -0.385. The fraction of sp³-hybridized carbons (Fsp3) is 0.500. The number of nitro benzene ring substituents is 1. The minimum absolute atomic E-state index is 0.195. The summed E-state index contributed by atoms with van der Waals surface area (Å²) < 4.78 is 0. The predicted molar refractivity (Wildman–Crippen MR) is 64.3 cm³/mol. The van der Waals surface area contributed by atoms with Crippen molar-refractivity contribution in [1.29, 1.82) is 0 Å². The van der Waals surface area contributed by atoms with E-state index in [-0.39, 0.29) is 10.6 Å². The number of para-hydroxylation sites is 1. The van der Waals surface area contributed by atoms with E-state index in [1.807, 2.05) is 6.07 Å². The van der Waals surface area contributed by atoms with Crippen molar-refractivity contribution in [2.45, 2.75) is 39.3 Å². The Labute approximate surface area is 95.8 Å². The molecule has 0 bridgehead atoms. The molecule has 0 saturated heterocycles. The second-order valence-electron chi connectivity index (χ2n) is 3.78. The van der Waals surface area contributed by atoms with Crippen LogP contribution >= 0.6 is 0 Å². The molecular weight excluding hydrogens is 204 g/mol. The van der Waals surface area contributed by atoms with Gasteiger partial charge in [0.2, 0.25) is 0 Å². The van der Waals surface area contributed by atoms with E-state index in [1.54, 1.807) is 18.2 Å². The van der Waals surface area contributed by atoms with Crippen LogP contribution < -0.4 is 5.32 Å². The zero-order valence-electron chi connectivity index (χ0n) is 9.77. The highest BCUT2D eigenvalue weighted by atomic mass is 16.6. The lowest BCUT2D eigenvalue weighted by Crippen LogP contribution is -2.27. The minimum Gasteiger partial charge on any atom is -0.310 e. The zero-order valence-corrected chi connectivity index (χ0v) is 9.77. The van der Waals surface area contributed by atoms with Crippen molar-refractivity contribution in [3.8, 4) is 0 Å². The van der Waals surface area contributed by atoms with Gasteiger partial charge in [0, 0.05) is 24.2 Å². The third-order valence-electron chi connectivity index (χ3n) is 2.76. The largest absolute Gasteiger partial charge is 0.310 e. The number of hydrogen-bond donors (Lipinski definition) is 1. The summed E-state index contributed by atoms with van der Waals surface area (Å²) >= 11 is 0. The van der Waals surface area contributed by atoms with Gasteiger partial charge >= 0.3 is 0 Å². The average Bonchev–Trinajstić information content (AvgIpc) is 2.30. The normalized spacial score (nSPS) is 10.7. The van der Waals surface area contributed by atoms with Gasteiger partial charge in [-0.05, 0) is 12.8 Å². The van der Waals surface area contributed by atoms with Crippen molar-refractivity contribution in [3.05, 3.63) is 39.9 Å². The molecule has 1 aromatic rings. The Hall–Kier alpha value is -1.42. The number of nitrogens with one attached hydrogen (secondary N) is 1. The van der Waals surface area contributed by atoms with Crippen molar-refractivity contribution in [1.82, 2.24) is 5.32 Å². The summed E-state index contributed by atoms with van der Waals surface area (Å²) in [6.45, 7) is 4.78. The molecule has 0 unspecified atom stereocenters. The lowest BCUT2D eigenvalue weighted by atomic mass is 10.1. The molecule has 0 spiro atoms. The van der Waals surface area contributed by atoms with E-state index < -0.39 is 0 Å². The van der Waals surface area contributed by atoms with Crippen LogP contribution in [0.15, 0.2) is 24.3 Å². The first-order chi connectivity index (χ1) is 7.69. The average molecular weight is 222 g/mol. The monoisotopic (exact) mass is 222 g/mol. The third-order valence-corrected chi connectivity index (χ3v) is 2.76. The molecule has 0 aliphatic carbocycles. The van der Waals surface area contributed by atoms with Crippen LogP contribution in [0.1, 0.15) is 32.3 Å². The smallest absolute Gasteiger partial charge is 0.273 e. The molecule has 0 aliphatic heterocycles. The van der Waals surface area contributed by atoms with Gasteiger partial charge in [0.25, 0.3) is 5.69 Å². The van der Waals surface area contributed by atoms with E-state index in [2.05, 4.69) is 19.2 Å². The second kappa shape index (κ2) is 6.23. The SMILES string of the molecule is CCC(CC)NCc1ccccc1[N+](=O)[O-]. The lowest BCUT2D eigenvalue weighted by Gasteiger charge is -2.14. The Morgan fingerprint density at radius 3 is 2.50 bits per heavy atom. The maximum Gasteiger partial charge on any atom is 0.273 e. The molecule has 4 nitrogen and oxygen atoms in total. The van der Waals surface area contributed by atoms with Crippen molar-refractivity contribution >= 4 is 5.69 Å². The van der Waals surface area contributed by atoms with E-state index in [4.69, 9.17) is 0 Å². The molecule has 0 atom stereocenters. The van der Waals surface area contributed by atoms with Gasteiger partial charge in [-0.15, -0.1) is 0 Å². The maximum absolute atomic E-state index is 10.8. The standard InChI is InChI=1S/C12H18N2O2/c1-3-11(4-2)13-9-10-7-5-6-8-12(10)14(15)16/h5-8,11,13H,3-4,9H2,1-2H3. The first kappa shape index (κ1) is 12.6. The molecule has 0 heterocycles. The molecule has 88 valence electrons. The number of benzene rings is 1. The van der Waals surface area contributed by atoms with E-state index in [1.165, 1.54) is 0 Å². The van der Waals surface area contributed by atoms with Gasteiger partial charge in [-0.25, -0.2) is 0 Å². The zero-order chi connectivity index (χ0) is 12.0. The van der Waals surface area contributed by atoms with Gasteiger partial charge in [-0.3, -0.25) is 10.1 Å². The highest BCUT2D eigenvalue weighted by molar-refractivity contribution is 5.39. The molecule has 0 aromatic heterocycles. The van der Waals surface area contributed by atoms with E-state index in [9.17, 15) is 10.1 Å². The highest BCUT2D eigenvalue weighted by Gasteiger charge is 2.12. The van der Waals surface area contributed by atoms with Crippen LogP contribution in [-0.4, -0.2) is 11.0 Å². The summed E-state index contributed by atoms with van der Waals surface area (Å²) in [6, 6.07) is 7.30. The molecular formula is C12H18N2O2. The molecule has 0 saturated carbocycles. The van der Waals surface area contributed by atoms with Crippen molar-refractivity contribution in [2.75, 3.05) is 0 Å². The van der Waals surface area contributed by atoms with E-state index in [0.717, 1.165) is 18.4 Å². The predicted octanol–water partition coefficient (Wildman–Crippen LogP) is 2.87. The van der Waals surface area contributed by atoms with Gasteiger partial charge in [0.05, 0.1) is 4.92 Å². The summed E-state index contributed by atoms with van der Waals surface area (Å²) in [4.78, 5) is 10.5. The summed E-state index contributed by atoms with van der Waals surface area (Å²) in [5, 5.41) is 14.1. The second-order valence-corrected chi connectivity index (χ2v) is 3.78. The van der Waals surface area contributed by atoms with Crippen LogP contribution in [-0.2, 0) is 6.54 Å². The number of nitro groups is 1. The summed E-state index contributed by atoms with van der Waals surface area (Å²) in [7, 11) is 0. The van der Waals surface area contributed by atoms with Gasteiger partial charge in [0.15, 0.2) is 0 Å². The number of hydrogen-bond acceptors (Lipinski definition) is 3. The van der Waals surface area contributed by atoms with E-state index in [0.29, 0.717) is 12.6 Å². The molecule has 0 fully saturated rings. The Bertz CT molecular complexity index is 349. The van der Waals surface area contributed by atoms with Crippen LogP contribution in [0.25, 0.3) is 0 Å². The topological polar surface area (TPSA) is 55.2 Å². The first-order valence-corrected chi connectivity index (χ1v) is 5.64.